The van der Waals surface area contributed by atoms with Crippen LogP contribution in [-0.4, -0.2) is 77.7 Å². The van der Waals surface area contributed by atoms with Crippen LogP contribution in [0, 0.1) is 17.7 Å². The summed E-state index contributed by atoms with van der Waals surface area (Å²) in [7, 11) is 1.78. The number of nitrogens with one attached hydrogen (secondary N) is 3. The Labute approximate surface area is 229 Å². The highest BCUT2D eigenvalue weighted by atomic mass is 35.5. The van der Waals surface area contributed by atoms with Crippen molar-refractivity contribution in [3.8, 4) is 0 Å². The van der Waals surface area contributed by atoms with Crippen LogP contribution in [-0.2, 0) is 5.60 Å². The van der Waals surface area contributed by atoms with Gasteiger partial charge in [-0.3, -0.25) is 0 Å². The Bertz CT molecular complexity index is 935. The van der Waals surface area contributed by atoms with Crippen molar-refractivity contribution < 1.29 is 29.3 Å². The summed E-state index contributed by atoms with van der Waals surface area (Å²) in [6.07, 6.45) is 4.91. The number of carbonyl (C=O) groups excluding carboxylic acids is 1. The number of halogens is 2. The second-order valence-corrected chi connectivity index (χ2v) is 11.1. The first kappa shape index (κ1) is 30.4. The summed E-state index contributed by atoms with van der Waals surface area (Å²) in [5, 5.41) is 40.1. The molecule has 0 radical (unpaired) electrons. The Morgan fingerprint density at radius 3 is 2.63 bits per heavy atom. The maximum Gasteiger partial charge on any atom is 0.404 e. The number of aliphatic hydroxyl groups is 2. The van der Waals surface area contributed by atoms with Gasteiger partial charge in [-0.1, -0.05) is 43.0 Å². The lowest BCUT2D eigenvalue weighted by Crippen LogP contribution is -2.57. The molecule has 1 aliphatic carbocycles. The summed E-state index contributed by atoms with van der Waals surface area (Å²) in [4.78, 5) is 25.8. The Kier molecular flexibility index (Phi) is 11.4. The normalized spacial score (nSPS) is 21.8. The standard InChI is InChI=1S/C27H42ClFN4O5/c1-30-16-22(24(34)18-8-3-2-4-9-18)32-25(35)33-15-6-10-19(17-33)27(38,13-7-14-31-26(36)37)20-11-5-12-21(28)23(20)29/h5,11-12,18-19,22,24,30-31,34,38H,2-4,6-10,13-17H2,1H3,(H,32,35)(H,36,37)/t19-,22-,24+,27+/m1/s1. The van der Waals surface area contributed by atoms with Crippen molar-refractivity contribution in [3.05, 3.63) is 34.6 Å². The molecule has 4 atom stereocenters. The molecule has 1 heterocycles. The quantitative estimate of drug-likeness (QED) is 0.230. The minimum absolute atomic E-state index is 0.0494. The van der Waals surface area contributed by atoms with E-state index in [0.29, 0.717) is 25.9 Å². The molecular weight excluding hydrogens is 515 g/mol. The van der Waals surface area contributed by atoms with E-state index in [1.165, 1.54) is 18.6 Å². The summed E-state index contributed by atoms with van der Waals surface area (Å²) < 4.78 is 15.1. The molecule has 3 rings (SSSR count). The Morgan fingerprint density at radius 1 is 1.21 bits per heavy atom. The molecule has 11 heteroatoms. The first-order chi connectivity index (χ1) is 18.2. The summed E-state index contributed by atoms with van der Waals surface area (Å²) in [6, 6.07) is 3.69. The van der Waals surface area contributed by atoms with Gasteiger partial charge >= 0.3 is 12.1 Å². The van der Waals surface area contributed by atoms with E-state index in [1.807, 2.05) is 0 Å². The van der Waals surface area contributed by atoms with Crippen molar-refractivity contribution in [2.75, 3.05) is 33.2 Å². The van der Waals surface area contributed by atoms with Gasteiger partial charge in [-0.2, -0.15) is 0 Å². The van der Waals surface area contributed by atoms with Crippen molar-refractivity contribution >= 4 is 23.7 Å². The molecule has 0 unspecified atom stereocenters. The number of amides is 3. The number of hydrogen-bond acceptors (Lipinski definition) is 5. The van der Waals surface area contributed by atoms with Gasteiger partial charge in [-0.15, -0.1) is 0 Å². The Balaban J connectivity index is 1.75. The van der Waals surface area contributed by atoms with Gasteiger partial charge in [0, 0.05) is 37.7 Å². The van der Waals surface area contributed by atoms with Crippen molar-refractivity contribution in [2.45, 2.75) is 75.5 Å². The Hall–Kier alpha value is -2.14. The van der Waals surface area contributed by atoms with Gasteiger partial charge in [0.15, 0.2) is 0 Å². The van der Waals surface area contributed by atoms with E-state index >= 15 is 4.39 Å². The number of hydrogen-bond donors (Lipinski definition) is 6. The molecule has 2 fully saturated rings. The summed E-state index contributed by atoms with van der Waals surface area (Å²) in [5.74, 6) is -1.06. The van der Waals surface area contributed by atoms with Gasteiger partial charge in [0.05, 0.1) is 22.8 Å². The largest absolute Gasteiger partial charge is 0.465 e. The molecule has 38 heavy (non-hydrogen) atoms. The number of rotatable bonds is 11. The third-order valence-corrected chi connectivity index (χ3v) is 8.38. The number of aliphatic hydroxyl groups excluding tert-OH is 1. The highest BCUT2D eigenvalue weighted by molar-refractivity contribution is 6.30. The van der Waals surface area contributed by atoms with Crippen LogP contribution in [0.1, 0.15) is 63.4 Å². The predicted octanol–water partition coefficient (Wildman–Crippen LogP) is 3.67. The monoisotopic (exact) mass is 556 g/mol. The van der Waals surface area contributed by atoms with Gasteiger partial charge in [-0.05, 0) is 57.6 Å². The zero-order valence-corrected chi connectivity index (χ0v) is 22.9. The van der Waals surface area contributed by atoms with Crippen molar-refractivity contribution in [2.24, 2.45) is 11.8 Å². The number of urea groups is 1. The smallest absolute Gasteiger partial charge is 0.404 e. The van der Waals surface area contributed by atoms with Crippen LogP contribution < -0.4 is 16.0 Å². The Morgan fingerprint density at radius 2 is 1.95 bits per heavy atom. The van der Waals surface area contributed by atoms with E-state index in [-0.39, 0.29) is 48.5 Å². The summed E-state index contributed by atoms with van der Waals surface area (Å²) >= 11 is 6.04. The molecule has 0 aromatic heterocycles. The molecular formula is C27H42ClFN4O5. The number of likely N-dealkylation sites (N-methyl/N-ethyl adjacent to an activating group) is 1. The third kappa shape index (κ3) is 7.71. The lowest BCUT2D eigenvalue weighted by atomic mass is 9.74. The van der Waals surface area contributed by atoms with Crippen molar-refractivity contribution in [1.29, 1.82) is 0 Å². The molecule has 1 saturated heterocycles. The number of carboxylic acid groups (broad SMARTS) is 1. The highest BCUT2D eigenvalue weighted by Crippen LogP contribution is 2.41. The fourth-order valence-electron chi connectivity index (χ4n) is 6.03. The first-order valence-electron chi connectivity index (χ1n) is 13.7. The number of benzene rings is 1. The van der Waals surface area contributed by atoms with Crippen LogP contribution in [0.4, 0.5) is 14.0 Å². The lowest BCUT2D eigenvalue weighted by Gasteiger charge is -2.43. The number of piperidine rings is 1. The minimum Gasteiger partial charge on any atom is -0.465 e. The molecule has 2 aliphatic rings. The number of likely N-dealkylation sites (tertiary alicyclic amines) is 1. The molecule has 0 spiro atoms. The van der Waals surface area contributed by atoms with Crippen LogP contribution in [0.15, 0.2) is 18.2 Å². The minimum atomic E-state index is -1.65. The highest BCUT2D eigenvalue weighted by Gasteiger charge is 2.43. The molecule has 1 aliphatic heterocycles. The van der Waals surface area contributed by atoms with E-state index in [2.05, 4.69) is 16.0 Å². The molecule has 1 aromatic carbocycles. The molecule has 3 amide bonds. The fourth-order valence-corrected chi connectivity index (χ4v) is 6.21. The molecule has 1 saturated carbocycles. The third-order valence-electron chi connectivity index (χ3n) is 8.09. The molecule has 6 N–H and O–H groups in total. The SMILES string of the molecule is CNC[C@@H](NC(=O)N1CCC[C@@H]([C@@](O)(CCCNC(=O)O)c2cccc(Cl)c2F)C1)[C@@H](O)C1CCCCC1. The molecule has 214 valence electrons. The second-order valence-electron chi connectivity index (χ2n) is 10.6. The second kappa shape index (κ2) is 14.3. The van der Waals surface area contributed by atoms with Gasteiger partial charge in [0.2, 0.25) is 0 Å². The van der Waals surface area contributed by atoms with Crippen LogP contribution in [0.3, 0.4) is 0 Å². The van der Waals surface area contributed by atoms with Crippen molar-refractivity contribution in [3.63, 3.8) is 0 Å². The van der Waals surface area contributed by atoms with E-state index in [9.17, 15) is 19.8 Å². The summed E-state index contributed by atoms with van der Waals surface area (Å²) in [5.41, 5.74) is -1.60. The van der Waals surface area contributed by atoms with Gasteiger partial charge in [0.25, 0.3) is 0 Å². The lowest BCUT2D eigenvalue weighted by molar-refractivity contribution is -0.0579. The van der Waals surface area contributed by atoms with E-state index in [4.69, 9.17) is 16.7 Å². The van der Waals surface area contributed by atoms with Gasteiger partial charge in [-0.25, -0.2) is 14.0 Å². The van der Waals surface area contributed by atoms with E-state index < -0.39 is 35.6 Å². The topological polar surface area (TPSA) is 134 Å². The van der Waals surface area contributed by atoms with E-state index in [1.54, 1.807) is 18.0 Å². The maximum absolute atomic E-state index is 15.1. The first-order valence-corrected chi connectivity index (χ1v) is 14.1. The average molecular weight is 557 g/mol. The number of carbonyl (C=O) groups is 2. The predicted molar refractivity (Wildman–Crippen MR) is 144 cm³/mol. The molecule has 9 nitrogen and oxygen atoms in total. The van der Waals surface area contributed by atoms with Gasteiger partial charge in [0.1, 0.15) is 5.82 Å². The van der Waals surface area contributed by atoms with Crippen molar-refractivity contribution in [1.82, 2.24) is 20.9 Å². The zero-order valence-electron chi connectivity index (χ0n) is 22.1. The maximum atomic E-state index is 15.1. The summed E-state index contributed by atoms with van der Waals surface area (Å²) in [6.45, 7) is 1.19. The van der Waals surface area contributed by atoms with Crippen LogP contribution in [0.2, 0.25) is 5.02 Å². The zero-order chi connectivity index (χ0) is 27.7. The molecule has 0 bridgehead atoms. The molecule has 1 aromatic rings. The average Bonchev–Trinajstić information content (AvgIpc) is 2.92. The van der Waals surface area contributed by atoms with Crippen LogP contribution >= 0.6 is 11.6 Å². The van der Waals surface area contributed by atoms with Crippen LogP contribution in [0.25, 0.3) is 0 Å². The fraction of sp³-hybridized carbons (Fsp3) is 0.704. The van der Waals surface area contributed by atoms with E-state index in [0.717, 1.165) is 25.7 Å². The van der Waals surface area contributed by atoms with Crippen LogP contribution in [0.5, 0.6) is 0 Å². The number of nitrogens with zero attached hydrogens (tertiary/aromatic N) is 1. The van der Waals surface area contributed by atoms with Gasteiger partial charge < -0.3 is 36.2 Å².